The molecule has 2 amide bonds. The van der Waals surface area contributed by atoms with E-state index in [0.717, 1.165) is 16.8 Å². The second-order valence-electron chi connectivity index (χ2n) is 7.00. The van der Waals surface area contributed by atoms with Crippen LogP contribution in [0.1, 0.15) is 37.8 Å². The number of hydrogen-bond donors (Lipinski definition) is 1. The van der Waals surface area contributed by atoms with E-state index < -0.39 is 11.7 Å². The molecule has 0 saturated carbocycles. The van der Waals surface area contributed by atoms with Crippen LogP contribution in [0.2, 0.25) is 0 Å². The van der Waals surface area contributed by atoms with Gasteiger partial charge in [0.1, 0.15) is 0 Å². The molecule has 0 aliphatic carbocycles. The molecule has 1 heterocycles. The third-order valence-corrected chi connectivity index (χ3v) is 4.77. The Hall–Kier alpha value is -3.68. The first kappa shape index (κ1) is 22.0. The maximum atomic E-state index is 12.4. The number of hydrazone groups is 1. The average molecular weight is 423 g/mol. The van der Waals surface area contributed by atoms with E-state index in [1.165, 1.54) is 11.9 Å². The fraction of sp³-hybridized carbons (Fsp3) is 0.304. The number of methoxy groups -OCH3 is 1. The van der Waals surface area contributed by atoms with Crippen molar-refractivity contribution in [3.63, 3.8) is 0 Å². The van der Waals surface area contributed by atoms with Gasteiger partial charge in [0.05, 0.1) is 26.0 Å². The number of rotatable bonds is 8. The van der Waals surface area contributed by atoms with E-state index in [4.69, 9.17) is 9.47 Å². The van der Waals surface area contributed by atoms with Gasteiger partial charge in [0, 0.05) is 31.0 Å². The minimum atomic E-state index is -0.667. The van der Waals surface area contributed by atoms with E-state index in [9.17, 15) is 14.4 Å². The van der Waals surface area contributed by atoms with Crippen LogP contribution in [0, 0.1) is 0 Å². The number of anilines is 1. The fourth-order valence-electron chi connectivity index (χ4n) is 3.14. The highest BCUT2D eigenvalue weighted by atomic mass is 16.5. The number of hydrogen-bond acceptors (Lipinski definition) is 6. The SMILES string of the molecule is CCOc1cc(C2=NN(Cc3ccc(NC(=O)C(C)=O)cc3)C(=O)CC2)ccc1OC. The monoisotopic (exact) mass is 423 g/mol. The van der Waals surface area contributed by atoms with Crippen molar-refractivity contribution in [1.29, 1.82) is 0 Å². The van der Waals surface area contributed by atoms with Gasteiger partial charge < -0.3 is 14.8 Å². The first-order valence-electron chi connectivity index (χ1n) is 10.0. The van der Waals surface area contributed by atoms with Crippen molar-refractivity contribution >= 4 is 29.0 Å². The van der Waals surface area contributed by atoms with Gasteiger partial charge in [-0.25, -0.2) is 5.01 Å². The van der Waals surface area contributed by atoms with Gasteiger partial charge in [-0.3, -0.25) is 14.4 Å². The molecule has 0 spiro atoms. The molecule has 0 saturated heterocycles. The fourth-order valence-corrected chi connectivity index (χ4v) is 3.14. The average Bonchev–Trinajstić information content (AvgIpc) is 2.76. The Kier molecular flexibility index (Phi) is 7.02. The van der Waals surface area contributed by atoms with E-state index in [2.05, 4.69) is 10.4 Å². The first-order valence-corrected chi connectivity index (χ1v) is 10.0. The van der Waals surface area contributed by atoms with Crippen LogP contribution in [0.3, 0.4) is 0 Å². The van der Waals surface area contributed by atoms with Crippen molar-refractivity contribution in [1.82, 2.24) is 5.01 Å². The zero-order valence-electron chi connectivity index (χ0n) is 17.8. The molecule has 1 N–H and O–H groups in total. The van der Waals surface area contributed by atoms with E-state index in [0.29, 0.717) is 43.2 Å². The second-order valence-corrected chi connectivity index (χ2v) is 7.00. The molecule has 2 aromatic carbocycles. The van der Waals surface area contributed by atoms with Crippen LogP contribution in [0.25, 0.3) is 0 Å². The van der Waals surface area contributed by atoms with Crippen molar-refractivity contribution in [3.05, 3.63) is 53.6 Å². The summed E-state index contributed by atoms with van der Waals surface area (Å²) >= 11 is 0. The van der Waals surface area contributed by atoms with Crippen LogP contribution in [-0.2, 0) is 20.9 Å². The highest BCUT2D eigenvalue weighted by molar-refractivity contribution is 6.39. The molecule has 2 aromatic rings. The molecule has 0 unspecified atom stereocenters. The summed E-state index contributed by atoms with van der Waals surface area (Å²) in [5.41, 5.74) is 3.04. The number of carbonyl (C=O) groups excluding carboxylic acids is 3. The highest BCUT2D eigenvalue weighted by Crippen LogP contribution is 2.30. The standard InChI is InChI=1S/C23H25N3O5/c1-4-31-21-13-17(7-11-20(21)30-3)19-10-12-22(28)26(25-19)14-16-5-8-18(9-6-16)24-23(29)15(2)27/h5-9,11,13H,4,10,12,14H2,1-3H3,(H,24,29). The van der Waals surface area contributed by atoms with E-state index >= 15 is 0 Å². The number of ketones is 1. The third kappa shape index (κ3) is 5.48. The van der Waals surface area contributed by atoms with Crippen LogP contribution in [-0.4, -0.2) is 42.0 Å². The van der Waals surface area contributed by atoms with Crippen molar-refractivity contribution in [3.8, 4) is 11.5 Å². The Morgan fingerprint density at radius 1 is 1.10 bits per heavy atom. The van der Waals surface area contributed by atoms with E-state index in [1.54, 1.807) is 31.4 Å². The summed E-state index contributed by atoms with van der Waals surface area (Å²) in [4.78, 5) is 35.0. The minimum absolute atomic E-state index is 0.0590. The highest BCUT2D eigenvalue weighted by Gasteiger charge is 2.22. The molecule has 3 rings (SSSR count). The Balaban J connectivity index is 1.77. The zero-order valence-corrected chi connectivity index (χ0v) is 17.8. The van der Waals surface area contributed by atoms with Crippen LogP contribution in [0.5, 0.6) is 11.5 Å². The van der Waals surface area contributed by atoms with Gasteiger partial charge in [-0.15, -0.1) is 0 Å². The Morgan fingerprint density at radius 2 is 1.84 bits per heavy atom. The number of nitrogens with zero attached hydrogens (tertiary/aromatic N) is 2. The largest absolute Gasteiger partial charge is 0.493 e. The van der Waals surface area contributed by atoms with Gasteiger partial charge in [0.2, 0.25) is 11.7 Å². The summed E-state index contributed by atoms with van der Waals surface area (Å²) < 4.78 is 11.0. The van der Waals surface area contributed by atoms with Crippen molar-refractivity contribution < 1.29 is 23.9 Å². The predicted molar refractivity (Wildman–Crippen MR) is 116 cm³/mol. The van der Waals surface area contributed by atoms with Crippen molar-refractivity contribution in [2.24, 2.45) is 5.10 Å². The van der Waals surface area contributed by atoms with Crippen LogP contribution >= 0.6 is 0 Å². The summed E-state index contributed by atoms with van der Waals surface area (Å²) in [6.07, 6.45) is 0.908. The second kappa shape index (κ2) is 9.88. The van der Waals surface area contributed by atoms with E-state index in [1.807, 2.05) is 25.1 Å². The Morgan fingerprint density at radius 3 is 2.48 bits per heavy atom. The lowest BCUT2D eigenvalue weighted by molar-refractivity contribution is -0.133. The molecule has 1 aliphatic heterocycles. The third-order valence-electron chi connectivity index (χ3n) is 4.77. The summed E-state index contributed by atoms with van der Waals surface area (Å²) in [5, 5.41) is 8.54. The molecule has 0 atom stereocenters. The zero-order chi connectivity index (χ0) is 22.4. The lowest BCUT2D eigenvalue weighted by Crippen LogP contribution is -2.31. The quantitative estimate of drug-likeness (QED) is 0.658. The molecule has 0 fully saturated rings. The Bertz CT molecular complexity index is 1010. The topological polar surface area (TPSA) is 97.3 Å². The Labute approximate surface area is 180 Å². The van der Waals surface area contributed by atoms with Crippen LogP contribution < -0.4 is 14.8 Å². The normalized spacial score (nSPS) is 13.5. The first-order chi connectivity index (χ1) is 14.9. The van der Waals surface area contributed by atoms with Crippen molar-refractivity contribution in [2.75, 3.05) is 19.0 Å². The van der Waals surface area contributed by atoms with Crippen molar-refractivity contribution in [2.45, 2.75) is 33.2 Å². The molecule has 8 nitrogen and oxygen atoms in total. The van der Waals surface area contributed by atoms with Crippen LogP contribution in [0.15, 0.2) is 47.6 Å². The number of amides is 2. The van der Waals surface area contributed by atoms with Crippen LogP contribution in [0.4, 0.5) is 5.69 Å². The summed E-state index contributed by atoms with van der Waals surface area (Å²) in [7, 11) is 1.59. The number of ether oxygens (including phenoxy) is 2. The maximum absolute atomic E-state index is 12.4. The molecular formula is C23H25N3O5. The van der Waals surface area contributed by atoms with E-state index in [-0.39, 0.29) is 5.91 Å². The maximum Gasteiger partial charge on any atom is 0.291 e. The molecule has 8 heteroatoms. The lowest BCUT2D eigenvalue weighted by atomic mass is 10.0. The van der Waals surface area contributed by atoms with Gasteiger partial charge in [-0.05, 0) is 42.8 Å². The molecule has 1 aliphatic rings. The molecule has 0 aromatic heterocycles. The molecular weight excluding hydrogens is 398 g/mol. The predicted octanol–water partition coefficient (Wildman–Crippen LogP) is 3.15. The van der Waals surface area contributed by atoms with Gasteiger partial charge in [0.15, 0.2) is 11.5 Å². The lowest BCUT2D eigenvalue weighted by Gasteiger charge is -2.24. The number of carbonyl (C=O) groups is 3. The van der Waals surface area contributed by atoms with Gasteiger partial charge >= 0.3 is 0 Å². The molecule has 31 heavy (non-hydrogen) atoms. The number of Topliss-reactive ketones (excluding diaryl/α,β-unsaturated/α-hetero) is 1. The summed E-state index contributed by atoms with van der Waals surface area (Å²) in [5.74, 6) is -0.00464. The minimum Gasteiger partial charge on any atom is -0.493 e. The smallest absolute Gasteiger partial charge is 0.291 e. The van der Waals surface area contributed by atoms with Gasteiger partial charge in [-0.2, -0.15) is 5.10 Å². The summed E-state index contributed by atoms with van der Waals surface area (Å²) in [6.45, 7) is 3.93. The number of nitrogens with one attached hydrogen (secondary N) is 1. The molecule has 0 radical (unpaired) electrons. The summed E-state index contributed by atoms with van der Waals surface area (Å²) in [6, 6.07) is 12.6. The number of benzene rings is 2. The molecule has 162 valence electrons. The van der Waals surface area contributed by atoms with Gasteiger partial charge in [0.25, 0.3) is 5.91 Å². The molecule has 0 bridgehead atoms. The van der Waals surface area contributed by atoms with Gasteiger partial charge in [-0.1, -0.05) is 12.1 Å².